The molecular formula is C10H11NO. The average Bonchev–Trinajstić information content (AvgIpc) is 2.72. The molecule has 12 heavy (non-hydrogen) atoms. The molecule has 0 bridgehead atoms. The van der Waals surface area contributed by atoms with Crippen molar-refractivity contribution in [2.75, 3.05) is 6.54 Å². The molecule has 2 aliphatic heterocycles. The van der Waals surface area contributed by atoms with Crippen LogP contribution in [0.5, 0.6) is 0 Å². The molecule has 3 aliphatic rings. The third-order valence-corrected chi connectivity index (χ3v) is 2.94. The zero-order valence-electron chi connectivity index (χ0n) is 7.08. The molecule has 2 heterocycles. The van der Waals surface area contributed by atoms with Gasteiger partial charge in [-0.1, -0.05) is 12.2 Å². The van der Waals surface area contributed by atoms with Crippen LogP contribution in [0.1, 0.15) is 13.3 Å². The van der Waals surface area contributed by atoms with Crippen molar-refractivity contribution in [1.29, 1.82) is 0 Å². The lowest BCUT2D eigenvalue weighted by Crippen LogP contribution is -2.27. The number of ether oxygens (including phenoxy) is 1. The molecule has 0 aromatic heterocycles. The first-order valence-corrected chi connectivity index (χ1v) is 4.45. The van der Waals surface area contributed by atoms with E-state index in [0.717, 1.165) is 18.7 Å². The van der Waals surface area contributed by atoms with Crippen LogP contribution in [-0.2, 0) is 4.74 Å². The van der Waals surface area contributed by atoms with E-state index in [9.17, 15) is 0 Å². The topological polar surface area (TPSA) is 24.9 Å². The second-order valence-corrected chi connectivity index (χ2v) is 3.48. The van der Waals surface area contributed by atoms with Crippen molar-refractivity contribution in [1.82, 2.24) is 0 Å². The Labute approximate surface area is 71.6 Å². The molecule has 1 saturated heterocycles. The first kappa shape index (κ1) is 6.61. The number of aliphatic imine (C=N–C) groups is 1. The van der Waals surface area contributed by atoms with Gasteiger partial charge in [0.05, 0.1) is 5.71 Å². The van der Waals surface area contributed by atoms with E-state index in [-0.39, 0.29) is 5.60 Å². The molecule has 1 unspecified atom stereocenters. The van der Waals surface area contributed by atoms with Gasteiger partial charge >= 0.3 is 0 Å². The van der Waals surface area contributed by atoms with Gasteiger partial charge in [0.1, 0.15) is 6.10 Å². The van der Waals surface area contributed by atoms with Crippen LogP contribution in [0, 0.1) is 0 Å². The molecule has 1 aliphatic carbocycles. The van der Waals surface area contributed by atoms with Crippen LogP contribution in [0.15, 0.2) is 28.8 Å². The molecular weight excluding hydrogens is 150 g/mol. The predicted octanol–water partition coefficient (Wildman–Crippen LogP) is 1.48. The lowest BCUT2D eigenvalue weighted by molar-refractivity contribution is 0.364. The van der Waals surface area contributed by atoms with Gasteiger partial charge in [-0.15, -0.1) is 0 Å². The lowest BCUT2D eigenvalue weighted by Gasteiger charge is -2.12. The molecule has 0 N–H and O–H groups in total. The summed E-state index contributed by atoms with van der Waals surface area (Å²) in [7, 11) is 0. The smallest absolute Gasteiger partial charge is 0.161 e. The highest BCUT2D eigenvalue weighted by Crippen LogP contribution is 2.51. The van der Waals surface area contributed by atoms with Gasteiger partial charge in [0, 0.05) is 6.54 Å². The summed E-state index contributed by atoms with van der Waals surface area (Å²) in [5.41, 5.74) is 2.37. The molecule has 62 valence electrons. The van der Waals surface area contributed by atoms with Crippen LogP contribution in [0.2, 0.25) is 0 Å². The number of nitrogens with zero attached hydrogens (tertiary/aromatic N) is 1. The van der Waals surface area contributed by atoms with Crippen LogP contribution < -0.4 is 0 Å². The van der Waals surface area contributed by atoms with E-state index in [4.69, 9.17) is 4.74 Å². The second-order valence-electron chi connectivity index (χ2n) is 3.48. The zero-order valence-corrected chi connectivity index (χ0v) is 7.08. The fourth-order valence-corrected chi connectivity index (χ4v) is 2.28. The summed E-state index contributed by atoms with van der Waals surface area (Å²) in [4.78, 5) is 4.47. The highest BCUT2D eigenvalue weighted by atomic mass is 16.6. The largest absolute Gasteiger partial charge is 0.354 e. The van der Waals surface area contributed by atoms with Crippen LogP contribution in [0.3, 0.4) is 0 Å². The Hall–Kier alpha value is -0.890. The Bertz CT molecular complexity index is 327. The summed E-state index contributed by atoms with van der Waals surface area (Å²) < 4.78 is 5.73. The number of epoxide rings is 1. The zero-order chi connectivity index (χ0) is 8.18. The fourth-order valence-electron chi connectivity index (χ4n) is 2.28. The third-order valence-electron chi connectivity index (χ3n) is 2.94. The fraction of sp³-hybridized carbons (Fsp3) is 0.500. The van der Waals surface area contributed by atoms with E-state index in [1.807, 2.05) is 0 Å². The van der Waals surface area contributed by atoms with Crippen LogP contribution >= 0.6 is 0 Å². The Morgan fingerprint density at radius 2 is 2.58 bits per heavy atom. The van der Waals surface area contributed by atoms with E-state index in [1.54, 1.807) is 0 Å². The number of hydrogen-bond acceptors (Lipinski definition) is 2. The summed E-state index contributed by atoms with van der Waals surface area (Å²) in [6, 6.07) is 0. The molecule has 0 saturated carbocycles. The van der Waals surface area contributed by atoms with E-state index in [2.05, 4.69) is 30.1 Å². The molecule has 1 fully saturated rings. The summed E-state index contributed by atoms with van der Waals surface area (Å²) in [6.45, 7) is 2.99. The van der Waals surface area contributed by atoms with Crippen molar-refractivity contribution in [2.45, 2.75) is 25.0 Å². The standard InChI is InChI=1S/C10H11NO/c1-2-7-3-4-8-10(7)9(12-10)5-6-11-8/h2-4,9H,5-6H2,1H3/b7-2+/t9-,10?/m1/s1. The second kappa shape index (κ2) is 1.88. The summed E-state index contributed by atoms with van der Waals surface area (Å²) in [6.07, 6.45) is 7.86. The normalized spacial score (nSPS) is 45.6. The van der Waals surface area contributed by atoms with Crippen LogP contribution in [0.4, 0.5) is 0 Å². The minimum absolute atomic E-state index is 0.0764. The van der Waals surface area contributed by atoms with Crippen LogP contribution in [-0.4, -0.2) is 24.0 Å². The minimum atomic E-state index is -0.0764. The maximum absolute atomic E-state index is 5.73. The Morgan fingerprint density at radius 1 is 1.67 bits per heavy atom. The van der Waals surface area contributed by atoms with E-state index in [0.29, 0.717) is 6.10 Å². The quantitative estimate of drug-likeness (QED) is 0.494. The van der Waals surface area contributed by atoms with Gasteiger partial charge in [0.15, 0.2) is 5.60 Å². The molecule has 0 aromatic carbocycles. The molecule has 0 aromatic rings. The Balaban J connectivity index is 2.14. The average molecular weight is 161 g/mol. The number of allylic oxidation sites excluding steroid dienone is 1. The number of rotatable bonds is 0. The molecule has 1 spiro atoms. The van der Waals surface area contributed by atoms with Gasteiger partial charge in [-0.05, 0) is 25.0 Å². The molecule has 0 amide bonds. The Kier molecular flexibility index (Phi) is 1.04. The number of hydrogen-bond donors (Lipinski definition) is 0. The van der Waals surface area contributed by atoms with Gasteiger partial charge in [-0.25, -0.2) is 0 Å². The first-order chi connectivity index (χ1) is 5.88. The van der Waals surface area contributed by atoms with Crippen molar-refractivity contribution >= 4 is 5.71 Å². The van der Waals surface area contributed by atoms with Gasteiger partial charge in [-0.3, -0.25) is 4.99 Å². The van der Waals surface area contributed by atoms with Crippen molar-refractivity contribution in [3.63, 3.8) is 0 Å². The lowest BCUT2D eigenvalue weighted by atomic mass is 9.92. The highest BCUT2D eigenvalue weighted by Gasteiger charge is 2.63. The molecule has 2 atom stereocenters. The van der Waals surface area contributed by atoms with Gasteiger partial charge in [0.2, 0.25) is 0 Å². The molecule has 2 nitrogen and oxygen atoms in total. The summed E-state index contributed by atoms with van der Waals surface area (Å²) in [5.74, 6) is 0. The summed E-state index contributed by atoms with van der Waals surface area (Å²) >= 11 is 0. The SMILES string of the molecule is C/C=C1\C=CC2=NCC[C@H]3OC213. The minimum Gasteiger partial charge on any atom is -0.354 e. The highest BCUT2D eigenvalue weighted by molar-refractivity contribution is 6.11. The maximum Gasteiger partial charge on any atom is 0.161 e. The van der Waals surface area contributed by atoms with Crippen molar-refractivity contribution in [3.05, 3.63) is 23.8 Å². The monoisotopic (exact) mass is 161 g/mol. The summed E-state index contributed by atoms with van der Waals surface area (Å²) in [5, 5.41) is 0. The third kappa shape index (κ3) is 0.547. The van der Waals surface area contributed by atoms with E-state index in [1.165, 1.54) is 5.57 Å². The van der Waals surface area contributed by atoms with E-state index >= 15 is 0 Å². The van der Waals surface area contributed by atoms with Crippen LogP contribution in [0.25, 0.3) is 0 Å². The molecule has 3 rings (SSSR count). The van der Waals surface area contributed by atoms with Gasteiger partial charge in [-0.2, -0.15) is 0 Å². The van der Waals surface area contributed by atoms with E-state index < -0.39 is 0 Å². The van der Waals surface area contributed by atoms with Gasteiger partial charge in [0.25, 0.3) is 0 Å². The van der Waals surface area contributed by atoms with Gasteiger partial charge < -0.3 is 4.74 Å². The first-order valence-electron chi connectivity index (χ1n) is 4.45. The molecule has 2 heteroatoms. The predicted molar refractivity (Wildman–Crippen MR) is 47.4 cm³/mol. The van der Waals surface area contributed by atoms with Crippen molar-refractivity contribution in [2.24, 2.45) is 4.99 Å². The molecule has 0 radical (unpaired) electrons. The maximum atomic E-state index is 5.73. The Morgan fingerprint density at radius 3 is 3.42 bits per heavy atom. The van der Waals surface area contributed by atoms with Crippen molar-refractivity contribution in [3.8, 4) is 0 Å². The van der Waals surface area contributed by atoms with Crippen molar-refractivity contribution < 1.29 is 4.74 Å².